The van der Waals surface area contributed by atoms with E-state index in [1.807, 2.05) is 21.1 Å². The largest absolute Gasteiger partial charge is 0.756 e. The summed E-state index contributed by atoms with van der Waals surface area (Å²) in [4.78, 5) is 38.2. The van der Waals surface area contributed by atoms with Gasteiger partial charge in [0.1, 0.15) is 19.8 Å². The summed E-state index contributed by atoms with van der Waals surface area (Å²) in [5.74, 6) is -0.868. The Hall–Kier alpha value is -5.93. The highest BCUT2D eigenvalue weighted by Gasteiger charge is 2.22. The fourth-order valence-corrected chi connectivity index (χ4v) is 10.5. The Morgan fingerprint density at radius 1 is 0.310 bits per heavy atom. The van der Waals surface area contributed by atoms with E-state index in [2.05, 4.69) is 245 Å². The summed E-state index contributed by atoms with van der Waals surface area (Å²) in [6.45, 7) is 3.97. The Morgan fingerprint density at radius 3 is 0.800 bits per heavy atom. The molecule has 100 heavy (non-hydrogen) atoms. The van der Waals surface area contributed by atoms with Crippen LogP contribution in [0.5, 0.6) is 0 Å². The van der Waals surface area contributed by atoms with E-state index in [9.17, 15) is 19.0 Å². The second kappa shape index (κ2) is 77.2. The molecule has 0 amide bonds. The van der Waals surface area contributed by atoms with Gasteiger partial charge in [0.05, 0.1) is 27.7 Å². The second-order valence-electron chi connectivity index (χ2n) is 26.3. The number of phosphoric acid groups is 1. The Bertz CT molecular complexity index is 2550. The second-order valence-corrected chi connectivity index (χ2v) is 27.7. The lowest BCUT2D eigenvalue weighted by molar-refractivity contribution is -0.870. The maximum Gasteiger partial charge on any atom is 0.306 e. The van der Waals surface area contributed by atoms with E-state index < -0.39 is 32.5 Å². The van der Waals surface area contributed by atoms with Gasteiger partial charge in [-0.05, 0) is 161 Å². The first kappa shape index (κ1) is 94.1. The SMILES string of the molecule is CC/C=C\C/C=C\C/C=C\C/C=C\C/C=C\C/C=C\C/C=C\C/C=C\C/C=C\C/C=C\CCCCCCCCC(=O)OC(COC(=O)CCCCCCCCCCCCC/C=C\C/C=C\C/C=C\C/C=C\C/C=C\C/C=C\C/C=C\C/C=C\C/C=C\CC)COP(=O)([O-])OCC[N+](C)(C)C. The van der Waals surface area contributed by atoms with Gasteiger partial charge in [0.25, 0.3) is 7.82 Å². The maximum absolute atomic E-state index is 12.9. The van der Waals surface area contributed by atoms with Crippen molar-refractivity contribution in [3.8, 4) is 0 Å². The van der Waals surface area contributed by atoms with Gasteiger partial charge in [-0.25, -0.2) is 0 Å². The molecule has 0 fully saturated rings. The molecule has 10 heteroatoms. The summed E-state index contributed by atoms with van der Waals surface area (Å²) in [6, 6.07) is 0. The number of allylic oxidation sites excluding steroid dienone is 38. The number of unbranched alkanes of at least 4 members (excludes halogenated alkanes) is 17. The van der Waals surface area contributed by atoms with Crippen molar-refractivity contribution < 1.29 is 42.1 Å². The fourth-order valence-electron chi connectivity index (χ4n) is 9.79. The third kappa shape index (κ3) is 81.0. The van der Waals surface area contributed by atoms with Crippen LogP contribution in [0.4, 0.5) is 0 Å². The van der Waals surface area contributed by atoms with Crippen molar-refractivity contribution in [2.75, 3.05) is 47.5 Å². The van der Waals surface area contributed by atoms with Gasteiger partial charge in [0.15, 0.2) is 6.10 Å². The first-order valence-electron chi connectivity index (χ1n) is 39.1. The average Bonchev–Trinajstić information content (AvgIpc) is 1.02. The molecule has 0 aromatic rings. The summed E-state index contributed by atoms with van der Waals surface area (Å²) < 4.78 is 34.3. The van der Waals surface area contributed by atoms with Crippen molar-refractivity contribution >= 4 is 19.8 Å². The average molecular weight is 1400 g/mol. The number of quaternary nitrogens is 1. The molecule has 0 radical (unpaired) electrons. The monoisotopic (exact) mass is 1400 g/mol. The van der Waals surface area contributed by atoms with Crippen molar-refractivity contribution in [3.05, 3.63) is 231 Å². The molecule has 0 aromatic carbocycles. The number of hydrogen-bond acceptors (Lipinski definition) is 8. The normalized spacial score (nSPS) is 14.3. The van der Waals surface area contributed by atoms with Crippen LogP contribution in [-0.4, -0.2) is 70.0 Å². The number of hydrogen-bond donors (Lipinski definition) is 0. The molecule has 0 bridgehead atoms. The highest BCUT2D eigenvalue weighted by atomic mass is 31.2. The topological polar surface area (TPSA) is 111 Å². The van der Waals surface area contributed by atoms with Crippen LogP contribution in [0.1, 0.15) is 271 Å². The molecule has 0 aliphatic rings. The number of ether oxygens (including phenoxy) is 2. The molecule has 0 rings (SSSR count). The highest BCUT2D eigenvalue weighted by Crippen LogP contribution is 2.38. The fraction of sp³-hybridized carbons (Fsp3) is 0.556. The maximum atomic E-state index is 12.9. The highest BCUT2D eigenvalue weighted by molar-refractivity contribution is 7.45. The van der Waals surface area contributed by atoms with E-state index in [-0.39, 0.29) is 26.1 Å². The molecular formula is C90H142NO8P. The Morgan fingerprint density at radius 2 is 0.540 bits per heavy atom. The molecule has 0 aliphatic carbocycles. The van der Waals surface area contributed by atoms with Crippen molar-refractivity contribution in [3.63, 3.8) is 0 Å². The van der Waals surface area contributed by atoms with Gasteiger partial charge < -0.3 is 27.9 Å². The minimum atomic E-state index is -4.67. The van der Waals surface area contributed by atoms with Gasteiger partial charge in [-0.1, -0.05) is 328 Å². The first-order chi connectivity index (χ1) is 49.0. The molecule has 2 unspecified atom stereocenters. The number of esters is 2. The molecule has 0 aromatic heterocycles. The van der Waals surface area contributed by atoms with Crippen LogP contribution in [0.2, 0.25) is 0 Å². The molecule has 2 atom stereocenters. The van der Waals surface area contributed by atoms with Crippen LogP contribution >= 0.6 is 7.82 Å². The number of rotatable bonds is 69. The zero-order valence-electron chi connectivity index (χ0n) is 63.8. The molecule has 560 valence electrons. The lowest BCUT2D eigenvalue weighted by atomic mass is 10.0. The molecule has 0 heterocycles. The van der Waals surface area contributed by atoms with E-state index in [1.54, 1.807) is 0 Å². The van der Waals surface area contributed by atoms with Crippen molar-refractivity contribution in [2.24, 2.45) is 0 Å². The minimum Gasteiger partial charge on any atom is -0.756 e. The number of phosphoric ester groups is 1. The van der Waals surface area contributed by atoms with Gasteiger partial charge in [-0.2, -0.15) is 0 Å². The third-order valence-electron chi connectivity index (χ3n) is 15.7. The van der Waals surface area contributed by atoms with Crippen molar-refractivity contribution in [1.29, 1.82) is 0 Å². The summed E-state index contributed by atoms with van der Waals surface area (Å²) in [5.41, 5.74) is 0. The smallest absolute Gasteiger partial charge is 0.306 e. The lowest BCUT2D eigenvalue weighted by Gasteiger charge is -2.28. The van der Waals surface area contributed by atoms with Crippen molar-refractivity contribution in [2.45, 2.75) is 277 Å². The third-order valence-corrected chi connectivity index (χ3v) is 16.6. The van der Waals surface area contributed by atoms with E-state index >= 15 is 0 Å². The summed E-state index contributed by atoms with van der Waals surface area (Å²) in [7, 11) is 1.12. The van der Waals surface area contributed by atoms with Crippen LogP contribution < -0.4 is 4.89 Å². The predicted molar refractivity (Wildman–Crippen MR) is 433 cm³/mol. The van der Waals surface area contributed by atoms with Crippen LogP contribution in [-0.2, 0) is 32.7 Å². The molecule has 0 N–H and O–H groups in total. The van der Waals surface area contributed by atoms with E-state index in [4.69, 9.17) is 18.5 Å². The Kier molecular flexibility index (Phi) is 72.7. The number of carbonyl (C=O) groups excluding carboxylic acids is 2. The first-order valence-corrected chi connectivity index (χ1v) is 40.6. The van der Waals surface area contributed by atoms with Gasteiger partial charge in [0, 0.05) is 12.8 Å². The van der Waals surface area contributed by atoms with Gasteiger partial charge in [0.2, 0.25) is 0 Å². The van der Waals surface area contributed by atoms with Crippen molar-refractivity contribution in [1.82, 2.24) is 0 Å². The minimum absolute atomic E-state index is 0.0464. The van der Waals surface area contributed by atoms with Crippen LogP contribution in [0, 0.1) is 0 Å². The van der Waals surface area contributed by atoms with E-state index in [0.29, 0.717) is 23.9 Å². The number of nitrogens with zero attached hydrogens (tertiary/aromatic N) is 1. The number of carbonyl (C=O) groups is 2. The quantitative estimate of drug-likeness (QED) is 0.0195. The Balaban J connectivity index is 4.14. The zero-order valence-corrected chi connectivity index (χ0v) is 64.7. The summed E-state index contributed by atoms with van der Waals surface area (Å²) >= 11 is 0. The lowest BCUT2D eigenvalue weighted by Crippen LogP contribution is -2.37. The molecular weight excluding hydrogens is 1250 g/mol. The predicted octanol–water partition coefficient (Wildman–Crippen LogP) is 25.9. The van der Waals surface area contributed by atoms with Gasteiger partial charge in [-0.3, -0.25) is 14.2 Å². The van der Waals surface area contributed by atoms with Gasteiger partial charge >= 0.3 is 11.9 Å². The number of likely N-dealkylation sites (N-methyl/N-ethyl adjacent to an activating group) is 1. The molecule has 0 aliphatic heterocycles. The van der Waals surface area contributed by atoms with E-state index in [1.165, 1.54) is 44.9 Å². The molecule has 0 saturated heterocycles. The van der Waals surface area contributed by atoms with Crippen LogP contribution in [0.3, 0.4) is 0 Å². The van der Waals surface area contributed by atoms with Crippen LogP contribution in [0.15, 0.2) is 231 Å². The zero-order chi connectivity index (χ0) is 72.5. The summed E-state index contributed by atoms with van der Waals surface area (Å²) in [6.07, 6.45) is 124. The van der Waals surface area contributed by atoms with Crippen LogP contribution in [0.25, 0.3) is 0 Å². The van der Waals surface area contributed by atoms with Gasteiger partial charge in [-0.15, -0.1) is 0 Å². The standard InChI is InChI=1S/C90H142NO8P/c1-6-8-10-12-14-16-18-20-22-24-26-28-30-32-34-36-38-40-42-44-45-47-48-50-52-54-56-58-60-62-64-66-68-70-72-74-76-78-80-82-89(92)96-86-88(87-98-100(94,95)97-85-84-91(3,4)5)99-90(93)83-81-79-77-75-73-71-69-67-65-63-61-59-57-55-53-51-49-46-43-41-39-37-35-33-31-29-27-25-23-21-19-17-15-13-11-9-7-2/h8-11,14-17,20-23,26-29,32-35,38-41,44-46,48-50,53-56,59,61,65,67,88H,6-7,12-13,18-19,24-25,30-31,36-37,42-43,47,51-52,57-58,60,62-64,66,68-87H2,1-5H3/b10-8-,11-9-,16-14-,17-15-,22-20-,23-21-,28-26-,29-27-,34-32-,35-33-,40-38-,41-39-,45-44-,49-46-,50-48-,55-53-,56-54-,61-59-,67-65-. The molecule has 9 nitrogen and oxygen atoms in total. The molecule has 0 spiro atoms. The Labute approximate surface area is 613 Å². The van der Waals surface area contributed by atoms with E-state index in [0.717, 1.165) is 186 Å². The molecule has 0 saturated carbocycles. The summed E-state index contributed by atoms with van der Waals surface area (Å²) in [5, 5.41) is 0.